The van der Waals surface area contributed by atoms with Crippen LogP contribution in [0.25, 0.3) is 11.1 Å². The molecular formula is C29H34. The van der Waals surface area contributed by atoms with E-state index in [1.807, 2.05) is 0 Å². The molecule has 0 heteroatoms. The predicted molar refractivity (Wildman–Crippen MR) is 120 cm³/mol. The van der Waals surface area contributed by atoms with Crippen LogP contribution in [0.3, 0.4) is 0 Å². The van der Waals surface area contributed by atoms with Gasteiger partial charge in [-0.2, -0.15) is 0 Å². The van der Waals surface area contributed by atoms with Gasteiger partial charge in [-0.15, -0.1) is 0 Å². The number of rotatable bonds is 2. The molecule has 5 aliphatic rings. The second-order valence-corrected chi connectivity index (χ2v) is 11.8. The maximum Gasteiger partial charge on any atom is 0.0159 e. The first kappa shape index (κ1) is 17.2. The Bertz CT molecular complexity index is 916. The number of hydrogen-bond donors (Lipinski definition) is 0. The second-order valence-electron chi connectivity index (χ2n) is 11.8. The summed E-state index contributed by atoms with van der Waals surface area (Å²) < 4.78 is 0. The lowest BCUT2D eigenvalue weighted by molar-refractivity contribution is 0.419. The second kappa shape index (κ2) is 5.77. The van der Waals surface area contributed by atoms with E-state index in [9.17, 15) is 0 Å². The van der Waals surface area contributed by atoms with Crippen molar-refractivity contribution >= 4 is 0 Å². The van der Waals surface area contributed by atoms with Crippen LogP contribution < -0.4 is 0 Å². The third-order valence-corrected chi connectivity index (χ3v) is 10.1. The van der Waals surface area contributed by atoms with Gasteiger partial charge in [-0.05, 0) is 107 Å². The zero-order valence-corrected chi connectivity index (χ0v) is 18.1. The van der Waals surface area contributed by atoms with E-state index in [0.717, 1.165) is 35.5 Å². The Balaban J connectivity index is 1.27. The normalized spacial score (nSPS) is 37.9. The molecule has 0 nitrogen and oxygen atoms in total. The van der Waals surface area contributed by atoms with Gasteiger partial charge >= 0.3 is 0 Å². The van der Waals surface area contributed by atoms with Gasteiger partial charge in [0.25, 0.3) is 0 Å². The Morgan fingerprint density at radius 3 is 1.48 bits per heavy atom. The summed E-state index contributed by atoms with van der Waals surface area (Å²) in [6.45, 7) is 4.96. The minimum atomic E-state index is 0.145. The molecule has 0 aromatic heterocycles. The van der Waals surface area contributed by atoms with Crippen molar-refractivity contribution in [1.82, 2.24) is 0 Å². The van der Waals surface area contributed by atoms with Gasteiger partial charge < -0.3 is 0 Å². The Labute approximate surface area is 176 Å². The highest BCUT2D eigenvalue weighted by Gasteiger charge is 2.43. The highest BCUT2D eigenvalue weighted by molar-refractivity contribution is 5.81. The molecule has 150 valence electrons. The number of benzene rings is 2. The van der Waals surface area contributed by atoms with E-state index in [1.165, 1.54) is 62.5 Å². The first-order valence-electron chi connectivity index (χ1n) is 12.4. The van der Waals surface area contributed by atoms with Gasteiger partial charge in [-0.1, -0.05) is 63.1 Å². The third-order valence-electron chi connectivity index (χ3n) is 10.1. The lowest BCUT2D eigenvalue weighted by Gasteiger charge is -2.27. The maximum atomic E-state index is 2.62. The molecule has 0 N–H and O–H groups in total. The molecule has 0 saturated heterocycles. The Morgan fingerprint density at radius 1 is 0.621 bits per heavy atom. The van der Waals surface area contributed by atoms with E-state index >= 15 is 0 Å². The Hall–Kier alpha value is -1.56. The van der Waals surface area contributed by atoms with Gasteiger partial charge in [-0.3, -0.25) is 0 Å². The molecular weight excluding hydrogens is 348 g/mol. The van der Waals surface area contributed by atoms with Crippen molar-refractivity contribution in [3.05, 3.63) is 58.7 Å². The van der Waals surface area contributed by atoms with Crippen LogP contribution in [-0.4, -0.2) is 0 Å². The summed E-state index contributed by atoms with van der Waals surface area (Å²) in [6, 6.07) is 15.2. The highest BCUT2D eigenvalue weighted by Crippen LogP contribution is 2.57. The first-order chi connectivity index (χ1) is 14.1. The van der Waals surface area contributed by atoms with Crippen LogP contribution in [0.15, 0.2) is 36.4 Å². The molecule has 4 fully saturated rings. The summed E-state index contributed by atoms with van der Waals surface area (Å²) >= 11 is 0. The van der Waals surface area contributed by atoms with Gasteiger partial charge in [0, 0.05) is 5.41 Å². The fourth-order valence-corrected chi connectivity index (χ4v) is 8.54. The summed E-state index contributed by atoms with van der Waals surface area (Å²) in [6.07, 6.45) is 11.8. The van der Waals surface area contributed by atoms with E-state index in [0.29, 0.717) is 0 Å². The number of fused-ring (bicyclic) bond motifs is 7. The summed E-state index contributed by atoms with van der Waals surface area (Å²) in [5, 5.41) is 0. The SMILES string of the molecule is CC1(C)c2cc(C3CC4CCC3C4)ccc2-c2ccc(C3CC4CCC3C4)cc21. The molecule has 4 saturated carbocycles. The molecule has 0 radical (unpaired) electrons. The molecule has 6 unspecified atom stereocenters. The lowest BCUT2D eigenvalue weighted by atomic mass is 9.77. The molecule has 2 aromatic carbocycles. The maximum absolute atomic E-state index is 2.62. The third kappa shape index (κ3) is 2.32. The minimum Gasteiger partial charge on any atom is -0.0581 e. The molecule has 2 aromatic rings. The summed E-state index contributed by atoms with van der Waals surface area (Å²) in [7, 11) is 0. The Kier molecular flexibility index (Phi) is 3.42. The van der Waals surface area contributed by atoms with Gasteiger partial charge in [0.05, 0.1) is 0 Å². The van der Waals surface area contributed by atoms with Crippen LogP contribution in [0, 0.1) is 23.7 Å². The summed E-state index contributed by atoms with van der Waals surface area (Å²) in [5.74, 6) is 5.65. The van der Waals surface area contributed by atoms with Crippen molar-refractivity contribution in [1.29, 1.82) is 0 Å². The zero-order chi connectivity index (χ0) is 19.3. The average molecular weight is 383 g/mol. The largest absolute Gasteiger partial charge is 0.0581 e. The van der Waals surface area contributed by atoms with E-state index in [2.05, 4.69) is 50.2 Å². The van der Waals surface area contributed by atoms with Crippen LogP contribution in [0.1, 0.15) is 99.3 Å². The minimum absolute atomic E-state index is 0.145. The van der Waals surface area contributed by atoms with Crippen molar-refractivity contribution in [2.45, 2.75) is 82.5 Å². The quantitative estimate of drug-likeness (QED) is 0.497. The van der Waals surface area contributed by atoms with Crippen LogP contribution in [-0.2, 0) is 5.41 Å². The molecule has 0 amide bonds. The predicted octanol–water partition coefficient (Wildman–Crippen LogP) is 7.80. The highest BCUT2D eigenvalue weighted by atomic mass is 14.5. The monoisotopic (exact) mass is 382 g/mol. The molecule has 0 spiro atoms. The first-order valence-corrected chi connectivity index (χ1v) is 12.4. The van der Waals surface area contributed by atoms with Gasteiger partial charge in [0.2, 0.25) is 0 Å². The standard InChI is InChI=1S/C29H34/c1-29(2)27-15-21(25-13-17-3-5-19(25)11-17)7-9-23(27)24-10-8-22(16-28(24)29)26-14-18-4-6-20(26)12-18/h7-10,15-20,25-26H,3-6,11-14H2,1-2H3. The summed E-state index contributed by atoms with van der Waals surface area (Å²) in [4.78, 5) is 0. The molecule has 29 heavy (non-hydrogen) atoms. The molecule has 0 heterocycles. The Morgan fingerprint density at radius 2 is 1.10 bits per heavy atom. The van der Waals surface area contributed by atoms with Crippen LogP contribution >= 0.6 is 0 Å². The average Bonchev–Trinajstić information content (AvgIpc) is 3.55. The van der Waals surface area contributed by atoms with Gasteiger partial charge in [0.15, 0.2) is 0 Å². The van der Waals surface area contributed by atoms with Crippen molar-refractivity contribution in [3.63, 3.8) is 0 Å². The van der Waals surface area contributed by atoms with E-state index in [4.69, 9.17) is 0 Å². The van der Waals surface area contributed by atoms with Gasteiger partial charge in [0.1, 0.15) is 0 Å². The van der Waals surface area contributed by atoms with Crippen molar-refractivity contribution < 1.29 is 0 Å². The van der Waals surface area contributed by atoms with Gasteiger partial charge in [-0.25, -0.2) is 0 Å². The van der Waals surface area contributed by atoms with Crippen LogP contribution in [0.2, 0.25) is 0 Å². The van der Waals surface area contributed by atoms with Crippen LogP contribution in [0.5, 0.6) is 0 Å². The van der Waals surface area contributed by atoms with Crippen LogP contribution in [0.4, 0.5) is 0 Å². The molecule has 6 atom stereocenters. The van der Waals surface area contributed by atoms with Crippen molar-refractivity contribution in [2.75, 3.05) is 0 Å². The van der Waals surface area contributed by atoms with E-state index in [-0.39, 0.29) is 5.41 Å². The van der Waals surface area contributed by atoms with E-state index < -0.39 is 0 Å². The summed E-state index contributed by atoms with van der Waals surface area (Å²) in [5.41, 5.74) is 9.64. The topological polar surface area (TPSA) is 0 Å². The fourth-order valence-electron chi connectivity index (χ4n) is 8.54. The van der Waals surface area contributed by atoms with E-state index in [1.54, 1.807) is 22.3 Å². The van der Waals surface area contributed by atoms with Crippen molar-refractivity contribution in [3.8, 4) is 11.1 Å². The molecule has 7 rings (SSSR count). The fraction of sp³-hybridized carbons (Fsp3) is 0.586. The van der Waals surface area contributed by atoms with Crippen molar-refractivity contribution in [2.24, 2.45) is 23.7 Å². The molecule has 4 bridgehead atoms. The molecule has 5 aliphatic carbocycles. The molecule has 0 aliphatic heterocycles. The number of hydrogen-bond acceptors (Lipinski definition) is 0. The lowest BCUT2D eigenvalue weighted by Crippen LogP contribution is -2.17. The smallest absolute Gasteiger partial charge is 0.0159 e. The zero-order valence-electron chi connectivity index (χ0n) is 18.1.